The fourth-order valence-electron chi connectivity index (χ4n) is 2.92. The van der Waals surface area contributed by atoms with E-state index in [0.717, 1.165) is 29.7 Å². The largest absolute Gasteiger partial charge is 0.392 e. The van der Waals surface area contributed by atoms with Crippen molar-refractivity contribution < 1.29 is 5.11 Å². The Balaban J connectivity index is 1.58. The number of aromatic amines is 1. The molecule has 1 aliphatic carbocycles. The van der Waals surface area contributed by atoms with Crippen LogP contribution in [0.5, 0.6) is 0 Å². The lowest BCUT2D eigenvalue weighted by Gasteiger charge is -2.18. The Morgan fingerprint density at radius 2 is 2.04 bits per heavy atom. The van der Waals surface area contributed by atoms with Gasteiger partial charge < -0.3 is 15.4 Å². The SMILES string of the molecule is CC(C)CCC(O)CNC(C)c1ccc2nc(C3CC3)[nH]c2c1. The monoisotopic (exact) mass is 315 g/mol. The van der Waals surface area contributed by atoms with Gasteiger partial charge in [-0.1, -0.05) is 19.9 Å². The molecule has 0 amide bonds. The second-order valence-corrected chi connectivity index (χ2v) is 7.43. The molecule has 1 aliphatic rings. The van der Waals surface area contributed by atoms with Crippen molar-refractivity contribution in [3.05, 3.63) is 29.6 Å². The van der Waals surface area contributed by atoms with Crippen molar-refractivity contribution in [3.8, 4) is 0 Å². The van der Waals surface area contributed by atoms with Gasteiger partial charge in [0.25, 0.3) is 0 Å². The fourth-order valence-corrected chi connectivity index (χ4v) is 2.92. The van der Waals surface area contributed by atoms with Gasteiger partial charge in [0.2, 0.25) is 0 Å². The quantitative estimate of drug-likeness (QED) is 0.692. The second kappa shape index (κ2) is 7.02. The normalized spacial score (nSPS) is 17.8. The number of aliphatic hydroxyl groups excluding tert-OH is 1. The van der Waals surface area contributed by atoms with Crippen molar-refractivity contribution in [2.24, 2.45) is 5.92 Å². The van der Waals surface area contributed by atoms with Crippen LogP contribution in [0.4, 0.5) is 0 Å². The Bertz CT molecular complexity index is 645. The fraction of sp³-hybridized carbons (Fsp3) is 0.632. The maximum absolute atomic E-state index is 10.1. The minimum Gasteiger partial charge on any atom is -0.392 e. The van der Waals surface area contributed by atoms with Crippen LogP contribution in [0.3, 0.4) is 0 Å². The first kappa shape index (κ1) is 16.5. The molecule has 2 unspecified atom stereocenters. The first-order chi connectivity index (χ1) is 11.0. The molecular weight excluding hydrogens is 286 g/mol. The molecule has 4 nitrogen and oxygen atoms in total. The number of nitrogens with one attached hydrogen (secondary N) is 2. The zero-order chi connectivity index (χ0) is 16.4. The van der Waals surface area contributed by atoms with Crippen LogP contribution in [-0.2, 0) is 0 Å². The van der Waals surface area contributed by atoms with Gasteiger partial charge in [-0.3, -0.25) is 0 Å². The van der Waals surface area contributed by atoms with Crippen LogP contribution >= 0.6 is 0 Å². The van der Waals surface area contributed by atoms with E-state index in [0.29, 0.717) is 18.4 Å². The lowest BCUT2D eigenvalue weighted by molar-refractivity contribution is 0.150. The van der Waals surface area contributed by atoms with Crippen LogP contribution in [0.1, 0.15) is 69.8 Å². The molecule has 3 N–H and O–H groups in total. The summed E-state index contributed by atoms with van der Waals surface area (Å²) in [6.07, 6.45) is 4.19. The molecule has 126 valence electrons. The van der Waals surface area contributed by atoms with Gasteiger partial charge in [-0.25, -0.2) is 4.98 Å². The number of H-pyrrole nitrogens is 1. The van der Waals surface area contributed by atoms with E-state index < -0.39 is 0 Å². The van der Waals surface area contributed by atoms with E-state index in [9.17, 15) is 5.11 Å². The summed E-state index contributed by atoms with van der Waals surface area (Å²) >= 11 is 0. The highest BCUT2D eigenvalue weighted by Gasteiger charge is 2.26. The standard InChI is InChI=1S/C19H29N3O/c1-12(2)4-8-16(23)11-20-13(3)15-7-9-17-18(10-15)22-19(21-17)14-5-6-14/h7,9-10,12-14,16,20,23H,4-6,8,11H2,1-3H3,(H,21,22). The highest BCUT2D eigenvalue weighted by molar-refractivity contribution is 5.76. The predicted molar refractivity (Wildman–Crippen MR) is 94.6 cm³/mol. The number of aromatic nitrogens is 2. The molecule has 1 saturated carbocycles. The molecule has 4 heteroatoms. The summed E-state index contributed by atoms with van der Waals surface area (Å²) in [5, 5.41) is 13.5. The molecule has 2 aromatic rings. The lowest BCUT2D eigenvalue weighted by Crippen LogP contribution is -2.29. The molecular formula is C19H29N3O. The van der Waals surface area contributed by atoms with E-state index in [2.05, 4.69) is 54.3 Å². The predicted octanol–water partition coefficient (Wildman–Crippen LogP) is 3.89. The van der Waals surface area contributed by atoms with E-state index in [4.69, 9.17) is 0 Å². The number of fused-ring (bicyclic) bond motifs is 1. The molecule has 0 saturated heterocycles. The lowest BCUT2D eigenvalue weighted by atomic mass is 10.0. The smallest absolute Gasteiger partial charge is 0.110 e. The Morgan fingerprint density at radius 3 is 2.74 bits per heavy atom. The van der Waals surface area contributed by atoms with Crippen molar-refractivity contribution in [1.82, 2.24) is 15.3 Å². The van der Waals surface area contributed by atoms with Crippen molar-refractivity contribution in [2.75, 3.05) is 6.54 Å². The first-order valence-electron chi connectivity index (χ1n) is 8.94. The van der Waals surface area contributed by atoms with Gasteiger partial charge in [0.1, 0.15) is 5.82 Å². The summed E-state index contributed by atoms with van der Waals surface area (Å²) in [5.74, 6) is 2.44. The molecule has 1 aromatic heterocycles. The third-order valence-electron chi connectivity index (χ3n) is 4.73. The number of rotatable bonds is 8. The highest BCUT2D eigenvalue weighted by Crippen LogP contribution is 2.39. The van der Waals surface area contributed by atoms with Gasteiger partial charge in [-0.15, -0.1) is 0 Å². The third kappa shape index (κ3) is 4.33. The second-order valence-electron chi connectivity index (χ2n) is 7.43. The summed E-state index contributed by atoms with van der Waals surface area (Å²) < 4.78 is 0. The minimum atomic E-state index is -0.266. The van der Waals surface area contributed by atoms with Crippen LogP contribution in [0.15, 0.2) is 18.2 Å². The Kier molecular flexibility index (Phi) is 5.02. The molecule has 1 fully saturated rings. The molecule has 2 atom stereocenters. The average Bonchev–Trinajstić information content (AvgIpc) is 3.29. The zero-order valence-electron chi connectivity index (χ0n) is 14.5. The van der Waals surface area contributed by atoms with Gasteiger partial charge in [0.05, 0.1) is 17.1 Å². The molecule has 0 aliphatic heterocycles. The molecule has 23 heavy (non-hydrogen) atoms. The molecule has 1 aromatic carbocycles. The van der Waals surface area contributed by atoms with Crippen LogP contribution < -0.4 is 5.32 Å². The highest BCUT2D eigenvalue weighted by atomic mass is 16.3. The van der Waals surface area contributed by atoms with E-state index >= 15 is 0 Å². The van der Waals surface area contributed by atoms with Crippen molar-refractivity contribution in [1.29, 1.82) is 0 Å². The Labute approximate surface area is 138 Å². The van der Waals surface area contributed by atoms with E-state index in [1.54, 1.807) is 0 Å². The molecule has 0 radical (unpaired) electrons. The van der Waals surface area contributed by atoms with Gasteiger partial charge in [0, 0.05) is 18.5 Å². The number of benzene rings is 1. The average molecular weight is 315 g/mol. The van der Waals surface area contributed by atoms with Crippen LogP contribution in [0, 0.1) is 5.92 Å². The van der Waals surface area contributed by atoms with Crippen molar-refractivity contribution >= 4 is 11.0 Å². The number of hydrogen-bond donors (Lipinski definition) is 3. The van der Waals surface area contributed by atoms with E-state index in [-0.39, 0.29) is 12.1 Å². The van der Waals surface area contributed by atoms with Crippen LogP contribution in [0.2, 0.25) is 0 Å². The van der Waals surface area contributed by atoms with Gasteiger partial charge in [0.15, 0.2) is 0 Å². The molecule has 1 heterocycles. The van der Waals surface area contributed by atoms with Crippen LogP contribution in [-0.4, -0.2) is 27.7 Å². The van der Waals surface area contributed by atoms with E-state index in [1.807, 2.05) is 0 Å². The summed E-state index contributed by atoms with van der Waals surface area (Å²) in [6.45, 7) is 7.17. The van der Waals surface area contributed by atoms with Crippen molar-refractivity contribution in [3.63, 3.8) is 0 Å². The first-order valence-corrected chi connectivity index (χ1v) is 8.94. The zero-order valence-corrected chi connectivity index (χ0v) is 14.5. The Hall–Kier alpha value is -1.39. The topological polar surface area (TPSA) is 60.9 Å². The maximum Gasteiger partial charge on any atom is 0.110 e. The van der Waals surface area contributed by atoms with Gasteiger partial charge in [-0.05, 0) is 56.2 Å². The van der Waals surface area contributed by atoms with E-state index in [1.165, 1.54) is 18.4 Å². The summed E-state index contributed by atoms with van der Waals surface area (Å²) in [7, 11) is 0. The molecule has 0 bridgehead atoms. The third-order valence-corrected chi connectivity index (χ3v) is 4.73. The number of nitrogens with zero attached hydrogens (tertiary/aromatic N) is 1. The number of imidazole rings is 1. The maximum atomic E-state index is 10.1. The summed E-state index contributed by atoms with van der Waals surface area (Å²) in [6, 6.07) is 6.64. The summed E-state index contributed by atoms with van der Waals surface area (Å²) in [4.78, 5) is 8.14. The Morgan fingerprint density at radius 1 is 1.26 bits per heavy atom. The number of aliphatic hydroxyl groups is 1. The number of hydrogen-bond acceptors (Lipinski definition) is 3. The van der Waals surface area contributed by atoms with Crippen molar-refractivity contribution in [2.45, 2.75) is 64.5 Å². The summed E-state index contributed by atoms with van der Waals surface area (Å²) in [5.41, 5.74) is 3.41. The van der Waals surface area contributed by atoms with Gasteiger partial charge in [-0.2, -0.15) is 0 Å². The van der Waals surface area contributed by atoms with Gasteiger partial charge >= 0.3 is 0 Å². The van der Waals surface area contributed by atoms with Crippen LogP contribution in [0.25, 0.3) is 11.0 Å². The molecule has 0 spiro atoms. The molecule has 3 rings (SSSR count). The minimum absolute atomic E-state index is 0.223.